The van der Waals surface area contributed by atoms with E-state index in [1.54, 1.807) is 48.5 Å². The standard InChI is InChI=1S/C19H19NO5/c1-2-24-16-10-8-15(9-11-16)20-18(21)13-25-17-6-4-3-5-14(17)7-12-19(22)23/h3-12H,2,13H2,1H3,(H,20,21)(H,22,23)/b12-7-. The summed E-state index contributed by atoms with van der Waals surface area (Å²) in [5.74, 6) is -0.207. The summed E-state index contributed by atoms with van der Waals surface area (Å²) in [6.45, 7) is 2.29. The van der Waals surface area contributed by atoms with Crippen molar-refractivity contribution in [1.82, 2.24) is 0 Å². The van der Waals surface area contributed by atoms with Gasteiger partial charge in [-0.1, -0.05) is 18.2 Å². The first-order valence-electron chi connectivity index (χ1n) is 7.74. The molecule has 0 atom stereocenters. The van der Waals surface area contributed by atoms with E-state index in [2.05, 4.69) is 5.32 Å². The van der Waals surface area contributed by atoms with Crippen molar-refractivity contribution in [2.24, 2.45) is 0 Å². The van der Waals surface area contributed by atoms with Gasteiger partial charge in [-0.2, -0.15) is 0 Å². The summed E-state index contributed by atoms with van der Waals surface area (Å²) < 4.78 is 10.8. The number of amides is 1. The summed E-state index contributed by atoms with van der Waals surface area (Å²) in [4.78, 5) is 22.6. The van der Waals surface area contributed by atoms with Crippen molar-refractivity contribution in [2.45, 2.75) is 6.92 Å². The van der Waals surface area contributed by atoms with Gasteiger partial charge in [0, 0.05) is 17.3 Å². The molecule has 0 aliphatic rings. The lowest BCUT2D eigenvalue weighted by Gasteiger charge is -2.10. The van der Waals surface area contributed by atoms with Gasteiger partial charge in [0.25, 0.3) is 5.91 Å². The van der Waals surface area contributed by atoms with Crippen molar-refractivity contribution in [3.63, 3.8) is 0 Å². The number of aliphatic carboxylic acids is 1. The van der Waals surface area contributed by atoms with Crippen LogP contribution in [0.2, 0.25) is 0 Å². The molecule has 0 saturated heterocycles. The molecule has 2 N–H and O–H groups in total. The van der Waals surface area contributed by atoms with Crippen LogP contribution in [0.1, 0.15) is 12.5 Å². The smallest absolute Gasteiger partial charge is 0.328 e. The molecule has 2 rings (SSSR count). The summed E-state index contributed by atoms with van der Waals surface area (Å²) in [7, 11) is 0. The van der Waals surface area contributed by atoms with Crippen LogP contribution in [0.25, 0.3) is 6.08 Å². The summed E-state index contributed by atoms with van der Waals surface area (Å²) in [5.41, 5.74) is 1.22. The number of benzene rings is 2. The fourth-order valence-electron chi connectivity index (χ4n) is 2.05. The Bertz CT molecular complexity index is 753. The number of carboxylic acids is 1. The minimum atomic E-state index is -1.05. The number of carbonyl (C=O) groups is 2. The number of carbonyl (C=O) groups excluding carboxylic acids is 1. The largest absolute Gasteiger partial charge is 0.494 e. The van der Waals surface area contributed by atoms with Crippen LogP contribution in [0.15, 0.2) is 54.6 Å². The number of carboxylic acid groups (broad SMARTS) is 1. The second-order valence-electron chi connectivity index (χ2n) is 5.00. The Kier molecular flexibility index (Phi) is 6.59. The molecular formula is C19H19NO5. The van der Waals surface area contributed by atoms with Crippen molar-refractivity contribution >= 4 is 23.6 Å². The first-order chi connectivity index (χ1) is 12.1. The van der Waals surface area contributed by atoms with E-state index in [-0.39, 0.29) is 12.5 Å². The van der Waals surface area contributed by atoms with E-state index in [1.807, 2.05) is 6.92 Å². The van der Waals surface area contributed by atoms with Crippen LogP contribution in [0.4, 0.5) is 5.69 Å². The zero-order valence-corrected chi connectivity index (χ0v) is 13.8. The molecule has 0 bridgehead atoms. The maximum absolute atomic E-state index is 12.0. The molecule has 6 nitrogen and oxygen atoms in total. The summed E-state index contributed by atoms with van der Waals surface area (Å²) in [5, 5.41) is 11.4. The summed E-state index contributed by atoms with van der Waals surface area (Å²) in [6.07, 6.45) is 2.43. The van der Waals surface area contributed by atoms with Gasteiger partial charge in [0.05, 0.1) is 6.61 Å². The van der Waals surface area contributed by atoms with Crippen molar-refractivity contribution < 1.29 is 24.2 Å². The van der Waals surface area contributed by atoms with Crippen LogP contribution < -0.4 is 14.8 Å². The Hall–Kier alpha value is -3.28. The Labute approximate surface area is 145 Å². The maximum atomic E-state index is 12.0. The molecule has 0 aliphatic heterocycles. The third-order valence-corrected chi connectivity index (χ3v) is 3.13. The first-order valence-corrected chi connectivity index (χ1v) is 7.74. The van der Waals surface area contributed by atoms with Crippen LogP contribution in [0, 0.1) is 0 Å². The van der Waals surface area contributed by atoms with Crippen molar-refractivity contribution in [3.05, 3.63) is 60.2 Å². The molecule has 2 aromatic rings. The van der Waals surface area contributed by atoms with Gasteiger partial charge in [0.15, 0.2) is 6.61 Å². The van der Waals surface area contributed by atoms with E-state index in [9.17, 15) is 9.59 Å². The summed E-state index contributed by atoms with van der Waals surface area (Å²) in [6, 6.07) is 13.9. The number of para-hydroxylation sites is 1. The summed E-state index contributed by atoms with van der Waals surface area (Å²) >= 11 is 0. The molecule has 0 aliphatic carbocycles. The molecule has 1 amide bonds. The highest BCUT2D eigenvalue weighted by atomic mass is 16.5. The van der Waals surface area contributed by atoms with Gasteiger partial charge < -0.3 is 19.9 Å². The van der Waals surface area contributed by atoms with Gasteiger partial charge in [0.1, 0.15) is 11.5 Å². The second-order valence-corrected chi connectivity index (χ2v) is 5.00. The molecule has 0 heterocycles. The van der Waals surface area contributed by atoms with Crippen molar-refractivity contribution in [1.29, 1.82) is 0 Å². The monoisotopic (exact) mass is 341 g/mol. The molecule has 6 heteroatoms. The lowest BCUT2D eigenvalue weighted by atomic mass is 10.2. The maximum Gasteiger partial charge on any atom is 0.328 e. The molecule has 0 fully saturated rings. The van der Waals surface area contributed by atoms with Crippen LogP contribution in [-0.4, -0.2) is 30.2 Å². The number of nitrogens with one attached hydrogen (secondary N) is 1. The zero-order chi connectivity index (χ0) is 18.1. The molecule has 2 aromatic carbocycles. The van der Waals surface area contributed by atoms with E-state index in [0.717, 1.165) is 11.8 Å². The highest BCUT2D eigenvalue weighted by molar-refractivity contribution is 5.92. The normalized spacial score (nSPS) is 10.4. The van der Waals surface area contributed by atoms with E-state index in [4.69, 9.17) is 14.6 Å². The Morgan fingerprint density at radius 2 is 1.80 bits per heavy atom. The van der Waals surface area contributed by atoms with E-state index in [0.29, 0.717) is 23.6 Å². The van der Waals surface area contributed by atoms with Crippen LogP contribution in [-0.2, 0) is 9.59 Å². The Balaban J connectivity index is 1.92. The van der Waals surface area contributed by atoms with E-state index >= 15 is 0 Å². The highest BCUT2D eigenvalue weighted by Gasteiger charge is 2.06. The fourth-order valence-corrected chi connectivity index (χ4v) is 2.05. The van der Waals surface area contributed by atoms with Gasteiger partial charge in [-0.25, -0.2) is 4.79 Å². The first kappa shape index (κ1) is 18.1. The van der Waals surface area contributed by atoms with Crippen LogP contribution in [0.3, 0.4) is 0 Å². The molecule has 0 saturated carbocycles. The second kappa shape index (κ2) is 9.12. The van der Waals surface area contributed by atoms with Crippen LogP contribution >= 0.6 is 0 Å². The lowest BCUT2D eigenvalue weighted by Crippen LogP contribution is -2.20. The minimum absolute atomic E-state index is 0.189. The fraction of sp³-hybridized carbons (Fsp3) is 0.158. The van der Waals surface area contributed by atoms with E-state index in [1.165, 1.54) is 6.08 Å². The predicted molar refractivity (Wildman–Crippen MR) is 94.8 cm³/mol. The van der Waals surface area contributed by atoms with E-state index < -0.39 is 5.97 Å². The average Bonchev–Trinajstić information content (AvgIpc) is 2.61. The SMILES string of the molecule is CCOc1ccc(NC(=O)COc2ccccc2/C=C\C(=O)O)cc1. The highest BCUT2D eigenvalue weighted by Crippen LogP contribution is 2.20. The number of hydrogen-bond donors (Lipinski definition) is 2. The molecule has 25 heavy (non-hydrogen) atoms. The minimum Gasteiger partial charge on any atom is -0.494 e. The molecule has 0 unspecified atom stereocenters. The van der Waals surface area contributed by atoms with Gasteiger partial charge in [0.2, 0.25) is 0 Å². The van der Waals surface area contributed by atoms with Gasteiger partial charge >= 0.3 is 5.97 Å². The molecule has 0 radical (unpaired) electrons. The van der Waals surface area contributed by atoms with Crippen LogP contribution in [0.5, 0.6) is 11.5 Å². The van der Waals surface area contributed by atoms with Crippen molar-refractivity contribution in [2.75, 3.05) is 18.5 Å². The number of hydrogen-bond acceptors (Lipinski definition) is 4. The number of anilines is 1. The predicted octanol–water partition coefficient (Wildman–Crippen LogP) is 3.20. The topological polar surface area (TPSA) is 84.9 Å². The van der Waals surface area contributed by atoms with Gasteiger partial charge in [-0.3, -0.25) is 4.79 Å². The molecular weight excluding hydrogens is 322 g/mol. The number of ether oxygens (including phenoxy) is 2. The quantitative estimate of drug-likeness (QED) is 0.720. The third kappa shape index (κ3) is 6.02. The van der Waals surface area contributed by atoms with Gasteiger partial charge in [-0.05, 0) is 43.3 Å². The van der Waals surface area contributed by atoms with Crippen molar-refractivity contribution in [3.8, 4) is 11.5 Å². The number of rotatable bonds is 8. The molecule has 0 spiro atoms. The Morgan fingerprint density at radius 3 is 2.48 bits per heavy atom. The Morgan fingerprint density at radius 1 is 1.08 bits per heavy atom. The van der Waals surface area contributed by atoms with Gasteiger partial charge in [-0.15, -0.1) is 0 Å². The molecule has 130 valence electrons. The molecule has 0 aromatic heterocycles. The zero-order valence-electron chi connectivity index (χ0n) is 13.8. The average molecular weight is 341 g/mol. The third-order valence-electron chi connectivity index (χ3n) is 3.13. The lowest BCUT2D eigenvalue weighted by molar-refractivity contribution is -0.131.